The number of carbonyl (C=O) groups is 1. The van der Waals surface area contributed by atoms with Gasteiger partial charge >= 0.3 is 5.97 Å². The second-order valence-electron chi connectivity index (χ2n) is 2.89. The minimum Gasteiger partial charge on any atom is -0.459 e. The molecule has 0 radical (unpaired) electrons. The molecule has 1 atom stereocenters. The Labute approximate surface area is 73.8 Å². The van der Waals surface area contributed by atoms with Crippen molar-refractivity contribution in [3.05, 3.63) is 12.2 Å². The number of esters is 1. The number of rotatable bonds is 5. The molecule has 0 aromatic rings. The normalized spacial score (nSPS) is 12.2. The fourth-order valence-corrected chi connectivity index (χ4v) is 0.690. The van der Waals surface area contributed by atoms with Crippen LogP contribution in [-0.4, -0.2) is 25.7 Å². The highest BCUT2D eigenvalue weighted by Crippen LogP contribution is 2.00. The van der Waals surface area contributed by atoms with Gasteiger partial charge in [0.1, 0.15) is 6.10 Å². The molecule has 70 valence electrons. The van der Waals surface area contributed by atoms with E-state index in [0.29, 0.717) is 5.57 Å². The average molecular weight is 171 g/mol. The molecular formula is C9H17NO2. The van der Waals surface area contributed by atoms with E-state index in [-0.39, 0.29) is 12.1 Å². The highest BCUT2D eigenvalue weighted by molar-refractivity contribution is 5.87. The minimum atomic E-state index is -0.307. The van der Waals surface area contributed by atoms with E-state index in [9.17, 15) is 4.79 Å². The maximum Gasteiger partial charge on any atom is 0.333 e. The van der Waals surface area contributed by atoms with E-state index in [0.717, 1.165) is 13.0 Å². The molecule has 0 aliphatic carbocycles. The zero-order valence-electron chi connectivity index (χ0n) is 8.02. The van der Waals surface area contributed by atoms with E-state index in [1.54, 1.807) is 6.92 Å². The third kappa shape index (κ3) is 4.91. The minimum absolute atomic E-state index is 0.0401. The third-order valence-corrected chi connectivity index (χ3v) is 1.46. The zero-order chi connectivity index (χ0) is 9.56. The van der Waals surface area contributed by atoms with Crippen LogP contribution in [0.2, 0.25) is 0 Å². The lowest BCUT2D eigenvalue weighted by Crippen LogP contribution is -2.20. The highest BCUT2D eigenvalue weighted by Gasteiger charge is 2.08. The Bertz CT molecular complexity index is 166. The van der Waals surface area contributed by atoms with E-state index < -0.39 is 0 Å². The van der Waals surface area contributed by atoms with Crippen molar-refractivity contribution in [3.63, 3.8) is 0 Å². The largest absolute Gasteiger partial charge is 0.459 e. The summed E-state index contributed by atoms with van der Waals surface area (Å²) in [6, 6.07) is 0. The molecule has 0 heterocycles. The first kappa shape index (κ1) is 11.2. The first-order chi connectivity index (χ1) is 5.57. The van der Waals surface area contributed by atoms with Gasteiger partial charge in [-0.15, -0.1) is 0 Å². The number of hydrogen-bond donors (Lipinski definition) is 1. The molecule has 12 heavy (non-hydrogen) atoms. The summed E-state index contributed by atoms with van der Waals surface area (Å²) in [6.07, 6.45) is 0.789. The molecule has 0 saturated heterocycles. The molecule has 3 heteroatoms. The molecule has 0 rings (SSSR count). The van der Waals surface area contributed by atoms with Crippen LogP contribution in [0, 0.1) is 0 Å². The second-order valence-corrected chi connectivity index (χ2v) is 2.89. The van der Waals surface area contributed by atoms with Crippen molar-refractivity contribution in [3.8, 4) is 0 Å². The van der Waals surface area contributed by atoms with Crippen molar-refractivity contribution >= 4 is 5.97 Å². The van der Waals surface area contributed by atoms with Gasteiger partial charge in [0.15, 0.2) is 0 Å². The number of nitrogens with one attached hydrogen (secondary N) is 1. The summed E-state index contributed by atoms with van der Waals surface area (Å²) in [5, 5.41) is 2.99. The van der Waals surface area contributed by atoms with Gasteiger partial charge in [0, 0.05) is 5.57 Å². The van der Waals surface area contributed by atoms with Crippen LogP contribution in [0.3, 0.4) is 0 Å². The first-order valence-corrected chi connectivity index (χ1v) is 4.09. The summed E-state index contributed by atoms with van der Waals surface area (Å²) >= 11 is 0. The SMILES string of the molecule is C=C(C)C(=O)OC(C)CCNC. The average Bonchev–Trinajstić information content (AvgIpc) is 2.00. The van der Waals surface area contributed by atoms with E-state index in [1.165, 1.54) is 0 Å². The summed E-state index contributed by atoms with van der Waals surface area (Å²) in [5.41, 5.74) is 0.450. The van der Waals surface area contributed by atoms with Crippen molar-refractivity contribution < 1.29 is 9.53 Å². The van der Waals surface area contributed by atoms with Crippen LogP contribution in [0.1, 0.15) is 20.3 Å². The Hall–Kier alpha value is -0.830. The molecule has 3 nitrogen and oxygen atoms in total. The van der Waals surface area contributed by atoms with Crippen LogP contribution in [0.25, 0.3) is 0 Å². The van der Waals surface area contributed by atoms with Gasteiger partial charge in [0.2, 0.25) is 0 Å². The predicted octanol–water partition coefficient (Wildman–Crippen LogP) is 1.10. The van der Waals surface area contributed by atoms with Crippen molar-refractivity contribution in [2.45, 2.75) is 26.4 Å². The van der Waals surface area contributed by atoms with Crippen LogP contribution in [0.15, 0.2) is 12.2 Å². The Morgan fingerprint density at radius 3 is 2.67 bits per heavy atom. The van der Waals surface area contributed by atoms with Gasteiger partial charge in [0.05, 0.1) is 0 Å². The molecule has 0 aromatic heterocycles. The molecule has 0 aliphatic rings. The summed E-state index contributed by atoms with van der Waals surface area (Å²) in [4.78, 5) is 11.0. The van der Waals surface area contributed by atoms with Gasteiger partial charge in [-0.2, -0.15) is 0 Å². The lowest BCUT2D eigenvalue weighted by Gasteiger charge is -2.12. The van der Waals surface area contributed by atoms with Gasteiger partial charge in [-0.25, -0.2) is 4.79 Å². The molecule has 0 aliphatic heterocycles. The third-order valence-electron chi connectivity index (χ3n) is 1.46. The summed E-state index contributed by atoms with van der Waals surface area (Å²) in [5.74, 6) is -0.307. The number of hydrogen-bond acceptors (Lipinski definition) is 3. The maximum absolute atomic E-state index is 11.0. The van der Waals surface area contributed by atoms with Crippen LogP contribution < -0.4 is 5.32 Å². The van der Waals surface area contributed by atoms with Gasteiger partial charge in [0.25, 0.3) is 0 Å². The summed E-state index contributed by atoms with van der Waals surface area (Å²) in [7, 11) is 1.87. The van der Waals surface area contributed by atoms with Crippen molar-refractivity contribution in [2.75, 3.05) is 13.6 Å². The monoisotopic (exact) mass is 171 g/mol. The van der Waals surface area contributed by atoms with Crippen LogP contribution in [-0.2, 0) is 9.53 Å². The molecule has 0 amide bonds. The molecule has 1 N–H and O–H groups in total. The fraction of sp³-hybridized carbons (Fsp3) is 0.667. The Kier molecular flexibility index (Phi) is 5.37. The number of carbonyl (C=O) groups excluding carboxylic acids is 1. The number of ether oxygens (including phenoxy) is 1. The quantitative estimate of drug-likeness (QED) is 0.497. The highest BCUT2D eigenvalue weighted by atomic mass is 16.5. The van der Waals surface area contributed by atoms with Gasteiger partial charge < -0.3 is 10.1 Å². The molecule has 1 unspecified atom stereocenters. The fourth-order valence-electron chi connectivity index (χ4n) is 0.690. The summed E-state index contributed by atoms with van der Waals surface area (Å²) < 4.78 is 5.04. The Balaban J connectivity index is 3.61. The maximum atomic E-state index is 11.0. The predicted molar refractivity (Wildman–Crippen MR) is 48.9 cm³/mol. The Morgan fingerprint density at radius 1 is 1.67 bits per heavy atom. The van der Waals surface area contributed by atoms with Crippen molar-refractivity contribution in [1.82, 2.24) is 5.32 Å². The first-order valence-electron chi connectivity index (χ1n) is 4.09. The van der Waals surface area contributed by atoms with E-state index in [2.05, 4.69) is 11.9 Å². The standard InChI is InChI=1S/C9H17NO2/c1-7(2)9(11)12-8(3)5-6-10-4/h8,10H,1,5-6H2,2-4H3. The van der Waals surface area contributed by atoms with Gasteiger partial charge in [-0.1, -0.05) is 6.58 Å². The van der Waals surface area contributed by atoms with Crippen LogP contribution in [0.5, 0.6) is 0 Å². The Morgan fingerprint density at radius 2 is 2.25 bits per heavy atom. The van der Waals surface area contributed by atoms with Gasteiger partial charge in [-0.05, 0) is 33.9 Å². The molecule has 0 bridgehead atoms. The van der Waals surface area contributed by atoms with E-state index in [4.69, 9.17) is 4.74 Å². The van der Waals surface area contributed by atoms with Gasteiger partial charge in [-0.3, -0.25) is 0 Å². The van der Waals surface area contributed by atoms with Crippen LogP contribution in [0.4, 0.5) is 0 Å². The van der Waals surface area contributed by atoms with E-state index in [1.807, 2.05) is 14.0 Å². The summed E-state index contributed by atoms with van der Waals surface area (Å²) in [6.45, 7) is 7.87. The molecule has 0 saturated carbocycles. The smallest absolute Gasteiger partial charge is 0.333 e. The molecule has 0 fully saturated rings. The lowest BCUT2D eigenvalue weighted by molar-refractivity contribution is -0.143. The second kappa shape index (κ2) is 5.77. The van der Waals surface area contributed by atoms with Crippen molar-refractivity contribution in [2.24, 2.45) is 0 Å². The van der Waals surface area contributed by atoms with Crippen molar-refractivity contribution in [1.29, 1.82) is 0 Å². The topological polar surface area (TPSA) is 38.3 Å². The lowest BCUT2D eigenvalue weighted by atomic mass is 10.3. The zero-order valence-corrected chi connectivity index (χ0v) is 8.02. The van der Waals surface area contributed by atoms with Crippen LogP contribution >= 0.6 is 0 Å². The molecule has 0 spiro atoms. The molecule has 0 aromatic carbocycles. The van der Waals surface area contributed by atoms with E-state index >= 15 is 0 Å². The molecular weight excluding hydrogens is 154 g/mol.